The van der Waals surface area contributed by atoms with Gasteiger partial charge in [-0.1, -0.05) is 6.42 Å². The third-order valence-electron chi connectivity index (χ3n) is 4.02. The van der Waals surface area contributed by atoms with Crippen LogP contribution in [0.4, 0.5) is 0 Å². The van der Waals surface area contributed by atoms with Crippen LogP contribution in [0.5, 0.6) is 0 Å². The van der Waals surface area contributed by atoms with Gasteiger partial charge in [0.1, 0.15) is 5.82 Å². The molecule has 1 atom stereocenters. The molecule has 1 fully saturated rings. The summed E-state index contributed by atoms with van der Waals surface area (Å²) in [5.41, 5.74) is 3.02. The van der Waals surface area contributed by atoms with Crippen LogP contribution in [0, 0.1) is 6.92 Å². The SMILES string of the molecule is Cc1cc(-c2ccnn2C)nc([C@H]2CCCCN2C)n1. The molecule has 0 aliphatic carbocycles. The fraction of sp³-hybridized carbons (Fsp3) is 0.533. The molecular weight excluding hydrogens is 250 g/mol. The summed E-state index contributed by atoms with van der Waals surface area (Å²) >= 11 is 0. The fourth-order valence-electron chi connectivity index (χ4n) is 2.90. The Kier molecular flexibility index (Phi) is 3.53. The van der Waals surface area contributed by atoms with Crippen molar-refractivity contribution in [2.75, 3.05) is 13.6 Å². The number of rotatable bonds is 2. The number of hydrogen-bond acceptors (Lipinski definition) is 4. The summed E-state index contributed by atoms with van der Waals surface area (Å²) in [5, 5.41) is 4.23. The van der Waals surface area contributed by atoms with E-state index in [1.54, 1.807) is 6.20 Å². The van der Waals surface area contributed by atoms with E-state index in [9.17, 15) is 0 Å². The van der Waals surface area contributed by atoms with Crippen LogP contribution >= 0.6 is 0 Å². The number of aromatic nitrogens is 4. The Hall–Kier alpha value is -1.75. The summed E-state index contributed by atoms with van der Waals surface area (Å²) in [4.78, 5) is 11.8. The number of aryl methyl sites for hydroxylation is 2. The van der Waals surface area contributed by atoms with E-state index >= 15 is 0 Å². The van der Waals surface area contributed by atoms with Crippen LogP contribution in [0.15, 0.2) is 18.3 Å². The van der Waals surface area contributed by atoms with Gasteiger partial charge in [0.05, 0.1) is 17.4 Å². The normalized spacial score (nSPS) is 20.2. The lowest BCUT2D eigenvalue weighted by atomic mass is 10.0. The lowest BCUT2D eigenvalue weighted by molar-refractivity contribution is 0.179. The molecule has 3 rings (SSSR count). The molecule has 0 saturated carbocycles. The average Bonchev–Trinajstić information content (AvgIpc) is 2.85. The van der Waals surface area contributed by atoms with Gasteiger partial charge in [-0.3, -0.25) is 9.58 Å². The van der Waals surface area contributed by atoms with Crippen LogP contribution < -0.4 is 0 Å². The van der Waals surface area contributed by atoms with E-state index in [-0.39, 0.29) is 0 Å². The Labute approximate surface area is 119 Å². The lowest BCUT2D eigenvalue weighted by Crippen LogP contribution is -2.31. The standard InChI is InChI=1S/C15H21N5/c1-11-10-12(13-7-8-16-20(13)3)18-15(17-11)14-6-4-5-9-19(14)2/h7-8,10,14H,4-6,9H2,1-3H3/t14-/m1/s1. The van der Waals surface area contributed by atoms with Gasteiger partial charge in [-0.25, -0.2) is 9.97 Å². The molecule has 0 unspecified atom stereocenters. The van der Waals surface area contributed by atoms with Gasteiger partial charge >= 0.3 is 0 Å². The van der Waals surface area contributed by atoms with Crippen molar-refractivity contribution in [2.24, 2.45) is 7.05 Å². The van der Waals surface area contributed by atoms with Crippen molar-refractivity contribution < 1.29 is 0 Å². The zero-order valence-electron chi connectivity index (χ0n) is 12.4. The number of hydrogen-bond donors (Lipinski definition) is 0. The average molecular weight is 271 g/mol. The Bertz CT molecular complexity index is 604. The molecule has 5 heteroatoms. The van der Waals surface area contributed by atoms with Gasteiger partial charge in [-0.15, -0.1) is 0 Å². The molecule has 1 aliphatic rings. The van der Waals surface area contributed by atoms with Gasteiger partial charge in [0, 0.05) is 18.9 Å². The number of nitrogens with zero attached hydrogens (tertiary/aromatic N) is 5. The highest BCUT2D eigenvalue weighted by molar-refractivity contribution is 5.54. The van der Waals surface area contributed by atoms with E-state index in [0.29, 0.717) is 6.04 Å². The van der Waals surface area contributed by atoms with Crippen LogP contribution in [-0.4, -0.2) is 38.2 Å². The Morgan fingerprint density at radius 2 is 2.05 bits per heavy atom. The molecule has 0 aromatic carbocycles. The van der Waals surface area contributed by atoms with Crippen LogP contribution in [-0.2, 0) is 7.05 Å². The second kappa shape index (κ2) is 5.32. The van der Waals surface area contributed by atoms with Gasteiger partial charge in [-0.05, 0) is 45.5 Å². The van der Waals surface area contributed by atoms with E-state index in [0.717, 1.165) is 35.9 Å². The summed E-state index contributed by atoms with van der Waals surface area (Å²) < 4.78 is 1.86. The molecule has 5 nitrogen and oxygen atoms in total. The highest BCUT2D eigenvalue weighted by atomic mass is 15.3. The maximum Gasteiger partial charge on any atom is 0.146 e. The summed E-state index contributed by atoms with van der Waals surface area (Å²) in [7, 11) is 4.11. The van der Waals surface area contributed by atoms with Crippen molar-refractivity contribution in [3.63, 3.8) is 0 Å². The Morgan fingerprint density at radius 1 is 1.20 bits per heavy atom. The zero-order chi connectivity index (χ0) is 14.1. The first-order valence-electron chi connectivity index (χ1n) is 7.19. The molecule has 1 aliphatic heterocycles. The van der Waals surface area contributed by atoms with Crippen LogP contribution in [0.25, 0.3) is 11.4 Å². The van der Waals surface area contributed by atoms with Crippen molar-refractivity contribution in [3.05, 3.63) is 29.8 Å². The molecule has 20 heavy (non-hydrogen) atoms. The van der Waals surface area contributed by atoms with Crippen molar-refractivity contribution in [3.8, 4) is 11.4 Å². The lowest BCUT2D eigenvalue weighted by Gasteiger charge is -2.31. The van der Waals surface area contributed by atoms with Crippen molar-refractivity contribution in [1.82, 2.24) is 24.6 Å². The molecule has 0 bridgehead atoms. The van der Waals surface area contributed by atoms with Gasteiger partial charge in [0.25, 0.3) is 0 Å². The highest BCUT2D eigenvalue weighted by Gasteiger charge is 2.24. The predicted molar refractivity (Wildman–Crippen MR) is 78.2 cm³/mol. The minimum Gasteiger partial charge on any atom is -0.296 e. The third kappa shape index (κ3) is 2.45. The zero-order valence-corrected chi connectivity index (χ0v) is 12.4. The first-order chi connectivity index (χ1) is 9.65. The second-order valence-corrected chi connectivity index (χ2v) is 5.59. The highest BCUT2D eigenvalue weighted by Crippen LogP contribution is 2.28. The summed E-state index contributed by atoms with van der Waals surface area (Å²) in [5.74, 6) is 0.948. The van der Waals surface area contributed by atoms with Crippen molar-refractivity contribution in [2.45, 2.75) is 32.2 Å². The van der Waals surface area contributed by atoms with Gasteiger partial charge in [-0.2, -0.15) is 5.10 Å². The molecule has 0 radical (unpaired) electrons. The first-order valence-corrected chi connectivity index (χ1v) is 7.19. The van der Waals surface area contributed by atoms with Crippen LogP contribution in [0.1, 0.15) is 36.8 Å². The topological polar surface area (TPSA) is 46.8 Å². The second-order valence-electron chi connectivity index (χ2n) is 5.59. The number of piperidine rings is 1. The molecule has 1 saturated heterocycles. The minimum absolute atomic E-state index is 0.343. The largest absolute Gasteiger partial charge is 0.296 e. The molecule has 0 amide bonds. The first kappa shape index (κ1) is 13.2. The van der Waals surface area contributed by atoms with Gasteiger partial charge < -0.3 is 0 Å². The monoisotopic (exact) mass is 271 g/mol. The van der Waals surface area contributed by atoms with E-state index in [2.05, 4.69) is 22.0 Å². The van der Waals surface area contributed by atoms with E-state index in [1.807, 2.05) is 30.8 Å². The molecule has 0 spiro atoms. The molecule has 106 valence electrons. The fourth-order valence-corrected chi connectivity index (χ4v) is 2.90. The van der Waals surface area contributed by atoms with E-state index in [1.165, 1.54) is 12.8 Å². The third-order valence-corrected chi connectivity index (χ3v) is 4.02. The van der Waals surface area contributed by atoms with Crippen LogP contribution in [0.2, 0.25) is 0 Å². The van der Waals surface area contributed by atoms with Crippen LogP contribution in [0.3, 0.4) is 0 Å². The van der Waals surface area contributed by atoms with E-state index in [4.69, 9.17) is 4.98 Å². The molecule has 3 heterocycles. The number of likely N-dealkylation sites (tertiary alicyclic amines) is 1. The molecule has 2 aromatic heterocycles. The predicted octanol–water partition coefficient (Wildman–Crippen LogP) is 2.34. The van der Waals surface area contributed by atoms with Crippen molar-refractivity contribution in [1.29, 1.82) is 0 Å². The van der Waals surface area contributed by atoms with E-state index < -0.39 is 0 Å². The minimum atomic E-state index is 0.343. The quantitative estimate of drug-likeness (QED) is 0.841. The molecule has 2 aromatic rings. The maximum absolute atomic E-state index is 4.80. The Balaban J connectivity index is 2.00. The van der Waals surface area contributed by atoms with Crippen molar-refractivity contribution >= 4 is 0 Å². The maximum atomic E-state index is 4.80. The molecule has 0 N–H and O–H groups in total. The molecular formula is C15H21N5. The smallest absolute Gasteiger partial charge is 0.146 e. The summed E-state index contributed by atoms with van der Waals surface area (Å²) in [6.07, 6.45) is 5.48. The van der Waals surface area contributed by atoms with Gasteiger partial charge in [0.15, 0.2) is 0 Å². The van der Waals surface area contributed by atoms with Gasteiger partial charge in [0.2, 0.25) is 0 Å². The summed E-state index contributed by atoms with van der Waals surface area (Å²) in [6.45, 7) is 3.16. The summed E-state index contributed by atoms with van der Waals surface area (Å²) in [6, 6.07) is 4.37. The Morgan fingerprint density at radius 3 is 2.75 bits per heavy atom.